The van der Waals surface area contributed by atoms with Crippen molar-refractivity contribution in [1.82, 2.24) is 20.1 Å². The predicted octanol–water partition coefficient (Wildman–Crippen LogP) is 3.71. The minimum absolute atomic E-state index is 0.801. The van der Waals surface area contributed by atoms with E-state index in [4.69, 9.17) is 0 Å². The highest BCUT2D eigenvalue weighted by atomic mass is 79.9. The molecule has 2 aromatic heterocycles. The van der Waals surface area contributed by atoms with Gasteiger partial charge in [0, 0.05) is 28.5 Å². The molecule has 0 saturated heterocycles. The molecule has 0 spiro atoms. The Bertz CT molecular complexity index is 619. The SMILES string of the molecule is CCCNCc1cc(Br)cnc1-n1nc(C)c(CC)c1C. The third-order valence-electron chi connectivity index (χ3n) is 3.65. The highest BCUT2D eigenvalue weighted by Crippen LogP contribution is 2.22. The van der Waals surface area contributed by atoms with Gasteiger partial charge in [0.2, 0.25) is 0 Å². The van der Waals surface area contributed by atoms with E-state index in [-0.39, 0.29) is 0 Å². The van der Waals surface area contributed by atoms with E-state index in [1.54, 1.807) is 0 Å². The van der Waals surface area contributed by atoms with Crippen molar-refractivity contribution in [2.75, 3.05) is 6.54 Å². The molecule has 4 nitrogen and oxygen atoms in total. The molecule has 21 heavy (non-hydrogen) atoms. The standard InChI is InChI=1S/C16H23BrN4/c1-5-7-18-9-13-8-14(17)10-19-16(13)21-12(4)15(6-2)11(3)20-21/h8,10,18H,5-7,9H2,1-4H3. The molecule has 0 amide bonds. The van der Waals surface area contributed by atoms with Crippen molar-refractivity contribution in [3.8, 4) is 5.82 Å². The lowest BCUT2D eigenvalue weighted by Crippen LogP contribution is -2.17. The van der Waals surface area contributed by atoms with Crippen LogP contribution in [0.25, 0.3) is 5.82 Å². The molecule has 1 N–H and O–H groups in total. The van der Waals surface area contributed by atoms with E-state index in [2.05, 4.69) is 65.1 Å². The third kappa shape index (κ3) is 3.52. The smallest absolute Gasteiger partial charge is 0.158 e. The summed E-state index contributed by atoms with van der Waals surface area (Å²) in [5.41, 5.74) is 4.74. The lowest BCUT2D eigenvalue weighted by molar-refractivity contribution is 0.664. The maximum absolute atomic E-state index is 4.68. The first-order valence-corrected chi connectivity index (χ1v) is 8.28. The molecule has 0 aromatic carbocycles. The predicted molar refractivity (Wildman–Crippen MR) is 89.9 cm³/mol. The van der Waals surface area contributed by atoms with E-state index < -0.39 is 0 Å². The molecule has 0 saturated carbocycles. The van der Waals surface area contributed by atoms with Gasteiger partial charge in [0.1, 0.15) is 0 Å². The lowest BCUT2D eigenvalue weighted by Gasteiger charge is -2.11. The zero-order valence-corrected chi connectivity index (χ0v) is 14.8. The fraction of sp³-hybridized carbons (Fsp3) is 0.500. The Morgan fingerprint density at radius 2 is 2.05 bits per heavy atom. The quantitative estimate of drug-likeness (QED) is 0.807. The van der Waals surface area contributed by atoms with Gasteiger partial charge in [-0.1, -0.05) is 13.8 Å². The van der Waals surface area contributed by atoms with E-state index in [1.165, 1.54) is 11.3 Å². The number of nitrogens with one attached hydrogen (secondary N) is 1. The third-order valence-corrected chi connectivity index (χ3v) is 4.08. The van der Waals surface area contributed by atoms with Crippen LogP contribution in [0, 0.1) is 13.8 Å². The summed E-state index contributed by atoms with van der Waals surface area (Å²) >= 11 is 3.51. The summed E-state index contributed by atoms with van der Waals surface area (Å²) in [6.07, 6.45) is 3.95. The van der Waals surface area contributed by atoms with Crippen molar-refractivity contribution in [3.05, 3.63) is 39.3 Å². The number of halogens is 1. The second kappa shape index (κ2) is 7.18. The molecule has 0 unspecified atom stereocenters. The molecule has 0 bridgehead atoms. The van der Waals surface area contributed by atoms with Gasteiger partial charge in [-0.25, -0.2) is 9.67 Å². The van der Waals surface area contributed by atoms with E-state index in [0.29, 0.717) is 0 Å². The van der Waals surface area contributed by atoms with Crippen LogP contribution in [0.5, 0.6) is 0 Å². The molecule has 5 heteroatoms. The summed E-state index contributed by atoms with van der Waals surface area (Å²) in [4.78, 5) is 4.59. The molecular formula is C16H23BrN4. The largest absolute Gasteiger partial charge is 0.313 e. The number of rotatable bonds is 6. The molecule has 2 heterocycles. The Balaban J connectivity index is 2.43. The van der Waals surface area contributed by atoms with Gasteiger partial charge in [-0.15, -0.1) is 0 Å². The number of aryl methyl sites for hydroxylation is 1. The highest BCUT2D eigenvalue weighted by Gasteiger charge is 2.15. The van der Waals surface area contributed by atoms with Crippen LogP contribution in [-0.4, -0.2) is 21.3 Å². The topological polar surface area (TPSA) is 42.7 Å². The summed E-state index contributed by atoms with van der Waals surface area (Å²) in [6, 6.07) is 2.12. The van der Waals surface area contributed by atoms with Crippen LogP contribution < -0.4 is 5.32 Å². The summed E-state index contributed by atoms with van der Waals surface area (Å²) in [5, 5.41) is 8.12. The van der Waals surface area contributed by atoms with Gasteiger partial charge in [0.25, 0.3) is 0 Å². The van der Waals surface area contributed by atoms with E-state index in [9.17, 15) is 0 Å². The number of hydrogen-bond donors (Lipinski definition) is 1. The molecule has 0 radical (unpaired) electrons. The molecule has 2 aromatic rings. The Morgan fingerprint density at radius 3 is 2.67 bits per heavy atom. The van der Waals surface area contributed by atoms with Crippen molar-refractivity contribution in [1.29, 1.82) is 0 Å². The van der Waals surface area contributed by atoms with Gasteiger partial charge in [-0.3, -0.25) is 0 Å². The number of nitrogens with zero attached hydrogens (tertiary/aromatic N) is 3. The maximum atomic E-state index is 4.68. The maximum Gasteiger partial charge on any atom is 0.158 e. The molecule has 0 aliphatic rings. The summed E-state index contributed by atoms with van der Waals surface area (Å²) in [5.74, 6) is 0.919. The molecule has 2 rings (SSSR count). The Hall–Kier alpha value is -1.20. The second-order valence-corrected chi connectivity index (χ2v) is 6.14. The molecule has 0 atom stereocenters. The Kier molecular flexibility index (Phi) is 5.53. The van der Waals surface area contributed by atoms with Crippen LogP contribution >= 0.6 is 15.9 Å². The van der Waals surface area contributed by atoms with E-state index in [0.717, 1.165) is 47.5 Å². The normalized spacial score (nSPS) is 11.1. The van der Waals surface area contributed by atoms with Gasteiger partial charge >= 0.3 is 0 Å². The molecule has 0 fully saturated rings. The van der Waals surface area contributed by atoms with Gasteiger partial charge < -0.3 is 5.32 Å². The van der Waals surface area contributed by atoms with Crippen molar-refractivity contribution in [3.63, 3.8) is 0 Å². The van der Waals surface area contributed by atoms with Crippen molar-refractivity contribution >= 4 is 15.9 Å². The summed E-state index contributed by atoms with van der Waals surface area (Å²) < 4.78 is 2.97. The summed E-state index contributed by atoms with van der Waals surface area (Å²) in [7, 11) is 0. The molecular weight excluding hydrogens is 328 g/mol. The number of hydrogen-bond acceptors (Lipinski definition) is 3. The zero-order chi connectivity index (χ0) is 15.4. The molecule has 0 aliphatic heterocycles. The Labute approximate surface area is 135 Å². The number of pyridine rings is 1. The fourth-order valence-corrected chi connectivity index (χ4v) is 2.97. The Morgan fingerprint density at radius 1 is 1.29 bits per heavy atom. The minimum atomic E-state index is 0.801. The first-order chi connectivity index (χ1) is 10.1. The average molecular weight is 351 g/mol. The van der Waals surface area contributed by atoms with Gasteiger partial charge in [-0.05, 0) is 60.8 Å². The van der Waals surface area contributed by atoms with Crippen LogP contribution in [0.1, 0.15) is 42.8 Å². The van der Waals surface area contributed by atoms with Crippen molar-refractivity contribution in [2.45, 2.75) is 47.1 Å². The van der Waals surface area contributed by atoms with Crippen LogP contribution in [0.3, 0.4) is 0 Å². The minimum Gasteiger partial charge on any atom is -0.313 e. The summed E-state index contributed by atoms with van der Waals surface area (Å²) in [6.45, 7) is 10.3. The van der Waals surface area contributed by atoms with Crippen LogP contribution in [0.2, 0.25) is 0 Å². The average Bonchev–Trinajstić information content (AvgIpc) is 2.74. The van der Waals surface area contributed by atoms with E-state index in [1.807, 2.05) is 10.9 Å². The molecule has 114 valence electrons. The highest BCUT2D eigenvalue weighted by molar-refractivity contribution is 9.10. The van der Waals surface area contributed by atoms with Crippen LogP contribution in [0.15, 0.2) is 16.7 Å². The fourth-order valence-electron chi connectivity index (χ4n) is 2.59. The van der Waals surface area contributed by atoms with E-state index >= 15 is 0 Å². The van der Waals surface area contributed by atoms with Crippen molar-refractivity contribution in [2.24, 2.45) is 0 Å². The van der Waals surface area contributed by atoms with Crippen molar-refractivity contribution < 1.29 is 0 Å². The van der Waals surface area contributed by atoms with Gasteiger partial charge in [-0.2, -0.15) is 5.10 Å². The van der Waals surface area contributed by atoms with Gasteiger partial charge in [0.05, 0.1) is 5.69 Å². The van der Waals surface area contributed by atoms with Crippen LogP contribution in [0.4, 0.5) is 0 Å². The monoisotopic (exact) mass is 350 g/mol. The number of aromatic nitrogens is 3. The lowest BCUT2D eigenvalue weighted by atomic mass is 10.1. The van der Waals surface area contributed by atoms with Gasteiger partial charge in [0.15, 0.2) is 5.82 Å². The molecule has 0 aliphatic carbocycles. The first kappa shape index (κ1) is 16.2. The first-order valence-electron chi connectivity index (χ1n) is 7.49. The second-order valence-electron chi connectivity index (χ2n) is 5.23. The zero-order valence-electron chi connectivity index (χ0n) is 13.2. The van der Waals surface area contributed by atoms with Crippen LogP contribution in [-0.2, 0) is 13.0 Å².